The Morgan fingerprint density at radius 2 is 1.70 bits per heavy atom. The maximum Gasteiger partial charge on any atom is 0.257 e. The number of halogens is 1. The molecule has 2 rings (SSSR count). The summed E-state index contributed by atoms with van der Waals surface area (Å²) in [5.41, 5.74) is 3.43. The summed E-state index contributed by atoms with van der Waals surface area (Å²) in [5, 5.41) is 9.29. The van der Waals surface area contributed by atoms with Gasteiger partial charge in [0.05, 0.1) is 7.11 Å². The third-order valence-corrected chi connectivity index (χ3v) is 4.19. The third kappa shape index (κ3) is 8.48. The van der Waals surface area contributed by atoms with Crippen LogP contribution in [-0.4, -0.2) is 39.2 Å². The summed E-state index contributed by atoms with van der Waals surface area (Å²) in [5.74, 6) is 1.66. The van der Waals surface area contributed by atoms with E-state index in [1.807, 2.05) is 25.1 Å². The van der Waals surface area contributed by atoms with Gasteiger partial charge in [0, 0.05) is 26.7 Å². The van der Waals surface area contributed by atoms with Crippen molar-refractivity contribution in [2.75, 3.05) is 27.3 Å². The smallest absolute Gasteiger partial charge is 0.257 e. The van der Waals surface area contributed by atoms with Gasteiger partial charge in [0.1, 0.15) is 0 Å². The molecule has 0 bridgehead atoms. The predicted molar refractivity (Wildman–Crippen MR) is 131 cm³/mol. The average molecular weight is 526 g/mol. The van der Waals surface area contributed by atoms with Crippen LogP contribution in [0.25, 0.3) is 0 Å². The first-order valence-corrected chi connectivity index (χ1v) is 9.62. The Labute approximate surface area is 195 Å². The summed E-state index contributed by atoms with van der Waals surface area (Å²) in [6.07, 6.45) is 0. The average Bonchev–Trinajstić information content (AvgIpc) is 2.73. The Morgan fingerprint density at radius 3 is 2.30 bits per heavy atom. The first kappa shape index (κ1) is 25.5. The van der Waals surface area contributed by atoms with Gasteiger partial charge in [-0.2, -0.15) is 0 Å². The Hall–Kier alpha value is -2.49. The molecule has 0 spiro atoms. The van der Waals surface area contributed by atoms with Gasteiger partial charge >= 0.3 is 0 Å². The fourth-order valence-corrected chi connectivity index (χ4v) is 2.75. The monoisotopic (exact) mass is 526 g/mol. The number of carbonyl (C=O) groups excluding carboxylic acids is 1. The summed E-state index contributed by atoms with van der Waals surface area (Å²) in [6, 6.07) is 14.0. The molecule has 164 valence electrons. The van der Waals surface area contributed by atoms with E-state index in [4.69, 9.17) is 9.47 Å². The lowest BCUT2D eigenvalue weighted by molar-refractivity contribution is -0.123. The SMILES string of the molecule is CCNC(=O)COc1ccc(CNC(=NC)NCc2cccc(C)c2)cc1OC.I. The summed E-state index contributed by atoms with van der Waals surface area (Å²) in [7, 11) is 3.32. The van der Waals surface area contributed by atoms with Gasteiger partial charge in [-0.15, -0.1) is 24.0 Å². The van der Waals surface area contributed by atoms with E-state index in [0.29, 0.717) is 37.1 Å². The van der Waals surface area contributed by atoms with Gasteiger partial charge in [-0.3, -0.25) is 9.79 Å². The van der Waals surface area contributed by atoms with Gasteiger partial charge in [0.25, 0.3) is 5.91 Å². The van der Waals surface area contributed by atoms with E-state index < -0.39 is 0 Å². The van der Waals surface area contributed by atoms with Crippen LogP contribution < -0.4 is 25.4 Å². The highest BCUT2D eigenvalue weighted by Gasteiger charge is 2.09. The van der Waals surface area contributed by atoms with Crippen molar-refractivity contribution in [1.29, 1.82) is 0 Å². The molecule has 7 nitrogen and oxygen atoms in total. The second kappa shape index (κ2) is 13.7. The Bertz CT molecular complexity index is 843. The van der Waals surface area contributed by atoms with E-state index in [2.05, 4.69) is 46.1 Å². The molecule has 0 saturated carbocycles. The number of nitrogens with zero attached hydrogens (tertiary/aromatic N) is 1. The number of rotatable bonds is 9. The highest BCUT2D eigenvalue weighted by molar-refractivity contribution is 14.0. The summed E-state index contributed by atoms with van der Waals surface area (Å²) < 4.78 is 10.9. The van der Waals surface area contributed by atoms with Crippen LogP contribution in [0.1, 0.15) is 23.6 Å². The zero-order chi connectivity index (χ0) is 21.1. The first-order chi connectivity index (χ1) is 14.0. The lowest BCUT2D eigenvalue weighted by Gasteiger charge is -2.14. The minimum atomic E-state index is -0.163. The van der Waals surface area contributed by atoms with Crippen molar-refractivity contribution < 1.29 is 14.3 Å². The zero-order valence-corrected chi connectivity index (χ0v) is 20.3. The molecule has 0 unspecified atom stereocenters. The van der Waals surface area contributed by atoms with Crippen molar-refractivity contribution in [2.24, 2.45) is 4.99 Å². The molecule has 2 aromatic rings. The van der Waals surface area contributed by atoms with Crippen molar-refractivity contribution in [3.63, 3.8) is 0 Å². The second-order valence-corrected chi connectivity index (χ2v) is 6.50. The highest BCUT2D eigenvalue weighted by atomic mass is 127. The summed E-state index contributed by atoms with van der Waals surface area (Å²) in [6.45, 7) is 5.73. The number of aryl methyl sites for hydroxylation is 1. The third-order valence-electron chi connectivity index (χ3n) is 4.19. The molecular weight excluding hydrogens is 495 g/mol. The van der Waals surface area contributed by atoms with Gasteiger partial charge in [-0.25, -0.2) is 0 Å². The molecule has 0 fully saturated rings. The Balaban J connectivity index is 0.00000450. The molecule has 0 saturated heterocycles. The zero-order valence-electron chi connectivity index (χ0n) is 18.0. The van der Waals surface area contributed by atoms with Crippen LogP contribution in [0.15, 0.2) is 47.5 Å². The molecule has 0 aromatic heterocycles. The maximum atomic E-state index is 11.6. The Morgan fingerprint density at radius 1 is 1.00 bits per heavy atom. The number of aliphatic imine (C=N–C) groups is 1. The number of methoxy groups -OCH3 is 1. The van der Waals surface area contributed by atoms with Crippen LogP contribution in [0.4, 0.5) is 0 Å². The van der Waals surface area contributed by atoms with Gasteiger partial charge in [-0.1, -0.05) is 35.9 Å². The minimum absolute atomic E-state index is 0. The van der Waals surface area contributed by atoms with Gasteiger partial charge in [-0.05, 0) is 37.1 Å². The second-order valence-electron chi connectivity index (χ2n) is 6.50. The largest absolute Gasteiger partial charge is 0.493 e. The summed E-state index contributed by atoms with van der Waals surface area (Å²) >= 11 is 0. The lowest BCUT2D eigenvalue weighted by atomic mass is 10.1. The molecule has 0 atom stereocenters. The van der Waals surface area contributed by atoms with Crippen molar-refractivity contribution in [3.8, 4) is 11.5 Å². The number of hydrogen-bond acceptors (Lipinski definition) is 4. The number of likely N-dealkylation sites (N-methyl/N-ethyl adjacent to an activating group) is 1. The van der Waals surface area contributed by atoms with Gasteiger partial charge in [0.2, 0.25) is 0 Å². The maximum absolute atomic E-state index is 11.6. The van der Waals surface area contributed by atoms with Crippen LogP contribution in [-0.2, 0) is 17.9 Å². The molecule has 1 amide bonds. The highest BCUT2D eigenvalue weighted by Crippen LogP contribution is 2.28. The van der Waals surface area contributed by atoms with E-state index in [-0.39, 0.29) is 36.5 Å². The normalized spacial score (nSPS) is 10.6. The molecule has 3 N–H and O–H groups in total. The van der Waals surface area contributed by atoms with E-state index in [0.717, 1.165) is 5.56 Å². The minimum Gasteiger partial charge on any atom is -0.493 e. The molecule has 8 heteroatoms. The van der Waals surface area contributed by atoms with Crippen LogP contribution in [0, 0.1) is 6.92 Å². The van der Waals surface area contributed by atoms with Crippen LogP contribution >= 0.6 is 24.0 Å². The van der Waals surface area contributed by atoms with E-state index >= 15 is 0 Å². The number of carbonyl (C=O) groups is 1. The van der Waals surface area contributed by atoms with Crippen LogP contribution in [0.3, 0.4) is 0 Å². The van der Waals surface area contributed by atoms with Crippen molar-refractivity contribution in [3.05, 3.63) is 59.2 Å². The lowest BCUT2D eigenvalue weighted by Crippen LogP contribution is -2.36. The fraction of sp³-hybridized carbons (Fsp3) is 0.364. The number of guanidine groups is 1. The number of nitrogens with one attached hydrogen (secondary N) is 3. The predicted octanol–water partition coefficient (Wildman–Crippen LogP) is 3.00. The van der Waals surface area contributed by atoms with E-state index in [9.17, 15) is 4.79 Å². The standard InChI is InChI=1S/C22H30N4O3.HI/c1-5-24-21(27)15-29-19-10-9-18(12-20(19)28-4)14-26-22(23-3)25-13-17-8-6-7-16(2)11-17;/h6-12H,5,13-15H2,1-4H3,(H,24,27)(H2,23,25,26);1H. The molecule has 0 heterocycles. The molecule has 0 aliphatic carbocycles. The Kier molecular flexibility index (Phi) is 11.7. The van der Waals surface area contributed by atoms with Crippen molar-refractivity contribution in [2.45, 2.75) is 26.9 Å². The molecule has 0 radical (unpaired) electrons. The molecule has 0 aliphatic heterocycles. The van der Waals surface area contributed by atoms with E-state index in [1.165, 1.54) is 11.1 Å². The summed E-state index contributed by atoms with van der Waals surface area (Å²) in [4.78, 5) is 15.8. The number of amides is 1. The number of ether oxygens (including phenoxy) is 2. The number of benzene rings is 2. The van der Waals surface area contributed by atoms with Crippen LogP contribution in [0.2, 0.25) is 0 Å². The quantitative estimate of drug-likeness (QED) is 0.266. The molecular formula is C22H31IN4O3. The molecule has 0 aliphatic rings. The first-order valence-electron chi connectivity index (χ1n) is 9.62. The number of hydrogen-bond donors (Lipinski definition) is 3. The topological polar surface area (TPSA) is 84.0 Å². The van der Waals surface area contributed by atoms with E-state index in [1.54, 1.807) is 20.2 Å². The van der Waals surface area contributed by atoms with Gasteiger partial charge < -0.3 is 25.4 Å². The molecule has 30 heavy (non-hydrogen) atoms. The van der Waals surface area contributed by atoms with Crippen molar-refractivity contribution in [1.82, 2.24) is 16.0 Å². The van der Waals surface area contributed by atoms with Crippen LogP contribution in [0.5, 0.6) is 11.5 Å². The van der Waals surface area contributed by atoms with Crippen molar-refractivity contribution >= 4 is 35.8 Å². The van der Waals surface area contributed by atoms with Gasteiger partial charge in [0.15, 0.2) is 24.1 Å². The molecule has 2 aromatic carbocycles. The fourth-order valence-electron chi connectivity index (χ4n) is 2.75.